The Morgan fingerprint density at radius 2 is 1.80 bits per heavy atom. The van der Waals surface area contributed by atoms with Crippen LogP contribution in [0.2, 0.25) is 0 Å². The SMILES string of the molecule is COC1CC(OC(C)C)C1. The normalized spacial score (nSPS) is 32.4. The lowest BCUT2D eigenvalue weighted by Gasteiger charge is -2.35. The van der Waals surface area contributed by atoms with Crippen LogP contribution < -0.4 is 0 Å². The maximum Gasteiger partial charge on any atom is 0.0628 e. The summed E-state index contributed by atoms with van der Waals surface area (Å²) in [6.07, 6.45) is 3.44. The monoisotopic (exact) mass is 144 g/mol. The van der Waals surface area contributed by atoms with Gasteiger partial charge < -0.3 is 9.47 Å². The highest BCUT2D eigenvalue weighted by atomic mass is 16.5. The molecule has 0 heterocycles. The summed E-state index contributed by atoms with van der Waals surface area (Å²) in [5.74, 6) is 0. The van der Waals surface area contributed by atoms with E-state index in [1.54, 1.807) is 7.11 Å². The van der Waals surface area contributed by atoms with Crippen molar-refractivity contribution in [3.63, 3.8) is 0 Å². The second kappa shape index (κ2) is 3.35. The highest BCUT2D eigenvalue weighted by Crippen LogP contribution is 2.26. The molecule has 1 fully saturated rings. The summed E-state index contributed by atoms with van der Waals surface area (Å²) in [5.41, 5.74) is 0. The Balaban J connectivity index is 2.03. The minimum atomic E-state index is 0.364. The van der Waals surface area contributed by atoms with Gasteiger partial charge >= 0.3 is 0 Å². The van der Waals surface area contributed by atoms with E-state index in [2.05, 4.69) is 13.8 Å². The van der Waals surface area contributed by atoms with E-state index in [0.717, 1.165) is 12.8 Å². The molecule has 1 aliphatic carbocycles. The van der Waals surface area contributed by atoms with Gasteiger partial charge in [0.05, 0.1) is 18.3 Å². The van der Waals surface area contributed by atoms with Crippen molar-refractivity contribution in [2.24, 2.45) is 0 Å². The predicted octanol–water partition coefficient (Wildman–Crippen LogP) is 1.59. The largest absolute Gasteiger partial charge is 0.381 e. The zero-order valence-electron chi connectivity index (χ0n) is 6.96. The fourth-order valence-electron chi connectivity index (χ4n) is 1.21. The quantitative estimate of drug-likeness (QED) is 0.599. The summed E-state index contributed by atoms with van der Waals surface area (Å²) in [6, 6.07) is 0. The number of rotatable bonds is 3. The van der Waals surface area contributed by atoms with Gasteiger partial charge in [-0.15, -0.1) is 0 Å². The van der Waals surface area contributed by atoms with Gasteiger partial charge in [0.15, 0.2) is 0 Å². The van der Waals surface area contributed by atoms with Gasteiger partial charge in [-0.1, -0.05) is 0 Å². The Morgan fingerprint density at radius 3 is 2.20 bits per heavy atom. The summed E-state index contributed by atoms with van der Waals surface area (Å²) in [7, 11) is 1.76. The van der Waals surface area contributed by atoms with E-state index in [9.17, 15) is 0 Å². The molecule has 0 amide bonds. The molecule has 0 radical (unpaired) electrons. The first-order valence-corrected chi connectivity index (χ1v) is 3.90. The van der Waals surface area contributed by atoms with E-state index in [1.165, 1.54) is 0 Å². The van der Waals surface area contributed by atoms with Crippen LogP contribution in [0.1, 0.15) is 26.7 Å². The van der Waals surface area contributed by atoms with Crippen LogP contribution in [0.5, 0.6) is 0 Å². The lowest BCUT2D eigenvalue weighted by atomic mass is 9.92. The van der Waals surface area contributed by atoms with Crippen LogP contribution in [0.4, 0.5) is 0 Å². The molecule has 2 heteroatoms. The molecular weight excluding hydrogens is 128 g/mol. The highest BCUT2D eigenvalue weighted by Gasteiger charge is 2.30. The molecule has 0 saturated heterocycles. The van der Waals surface area contributed by atoms with Gasteiger partial charge in [0.25, 0.3) is 0 Å². The standard InChI is InChI=1S/C8H16O2/c1-6(2)10-8-4-7(5-8)9-3/h6-8H,4-5H2,1-3H3. The Labute approximate surface area is 62.5 Å². The van der Waals surface area contributed by atoms with Crippen molar-refractivity contribution in [3.8, 4) is 0 Å². The van der Waals surface area contributed by atoms with Crippen molar-refractivity contribution in [1.29, 1.82) is 0 Å². The maximum atomic E-state index is 5.54. The molecule has 10 heavy (non-hydrogen) atoms. The second-order valence-electron chi connectivity index (χ2n) is 3.14. The summed E-state index contributed by atoms with van der Waals surface area (Å²) >= 11 is 0. The summed E-state index contributed by atoms with van der Waals surface area (Å²) in [6.45, 7) is 4.14. The van der Waals surface area contributed by atoms with Gasteiger partial charge in [-0.3, -0.25) is 0 Å². The predicted molar refractivity (Wildman–Crippen MR) is 40.0 cm³/mol. The molecule has 2 nitrogen and oxygen atoms in total. The average molecular weight is 144 g/mol. The Bertz CT molecular complexity index is 95.4. The smallest absolute Gasteiger partial charge is 0.0628 e. The molecule has 0 aromatic carbocycles. The zero-order chi connectivity index (χ0) is 7.56. The van der Waals surface area contributed by atoms with Crippen LogP contribution in [-0.2, 0) is 9.47 Å². The number of methoxy groups -OCH3 is 1. The third kappa shape index (κ3) is 1.96. The fourth-order valence-corrected chi connectivity index (χ4v) is 1.21. The van der Waals surface area contributed by atoms with E-state index < -0.39 is 0 Å². The third-order valence-electron chi connectivity index (χ3n) is 1.85. The lowest BCUT2D eigenvalue weighted by molar-refractivity contribution is -0.106. The van der Waals surface area contributed by atoms with Crippen LogP contribution in [0.15, 0.2) is 0 Å². The van der Waals surface area contributed by atoms with Gasteiger partial charge in [-0.2, -0.15) is 0 Å². The van der Waals surface area contributed by atoms with Gasteiger partial charge in [-0.05, 0) is 26.7 Å². The molecule has 60 valence electrons. The van der Waals surface area contributed by atoms with Crippen LogP contribution >= 0.6 is 0 Å². The zero-order valence-corrected chi connectivity index (χ0v) is 6.96. The van der Waals surface area contributed by atoms with E-state index in [4.69, 9.17) is 9.47 Å². The van der Waals surface area contributed by atoms with Crippen molar-refractivity contribution in [3.05, 3.63) is 0 Å². The molecule has 0 N–H and O–H groups in total. The number of hydrogen-bond donors (Lipinski definition) is 0. The Kier molecular flexibility index (Phi) is 2.69. The molecule has 0 aromatic heterocycles. The van der Waals surface area contributed by atoms with Crippen molar-refractivity contribution in [2.45, 2.75) is 45.0 Å². The minimum absolute atomic E-state index is 0.364. The molecule has 1 rings (SSSR count). The topological polar surface area (TPSA) is 18.5 Å². The van der Waals surface area contributed by atoms with E-state index in [-0.39, 0.29) is 0 Å². The average Bonchev–Trinajstić information content (AvgIpc) is 1.76. The second-order valence-corrected chi connectivity index (χ2v) is 3.14. The fraction of sp³-hybridized carbons (Fsp3) is 1.00. The molecule has 1 aliphatic rings. The molecule has 0 aromatic rings. The van der Waals surface area contributed by atoms with Gasteiger partial charge in [0.2, 0.25) is 0 Å². The van der Waals surface area contributed by atoms with Crippen LogP contribution in [0.25, 0.3) is 0 Å². The third-order valence-corrected chi connectivity index (χ3v) is 1.85. The summed E-state index contributed by atoms with van der Waals surface area (Å²) in [5, 5.41) is 0. The minimum Gasteiger partial charge on any atom is -0.381 e. The van der Waals surface area contributed by atoms with Crippen LogP contribution in [0.3, 0.4) is 0 Å². The van der Waals surface area contributed by atoms with Crippen molar-refractivity contribution >= 4 is 0 Å². The van der Waals surface area contributed by atoms with Crippen molar-refractivity contribution in [1.82, 2.24) is 0 Å². The highest BCUT2D eigenvalue weighted by molar-refractivity contribution is 4.80. The summed E-state index contributed by atoms with van der Waals surface area (Å²) in [4.78, 5) is 0. The maximum absolute atomic E-state index is 5.54. The molecule has 0 unspecified atom stereocenters. The van der Waals surface area contributed by atoms with E-state index in [0.29, 0.717) is 18.3 Å². The number of ether oxygens (including phenoxy) is 2. The Morgan fingerprint density at radius 1 is 1.20 bits per heavy atom. The van der Waals surface area contributed by atoms with Gasteiger partial charge in [-0.25, -0.2) is 0 Å². The van der Waals surface area contributed by atoms with Crippen LogP contribution in [-0.4, -0.2) is 25.4 Å². The van der Waals surface area contributed by atoms with Crippen LogP contribution in [0, 0.1) is 0 Å². The Hall–Kier alpha value is -0.0800. The first-order valence-electron chi connectivity index (χ1n) is 3.90. The first-order chi connectivity index (χ1) is 4.72. The molecule has 0 spiro atoms. The molecule has 0 bridgehead atoms. The van der Waals surface area contributed by atoms with Crippen molar-refractivity contribution < 1.29 is 9.47 Å². The van der Waals surface area contributed by atoms with E-state index >= 15 is 0 Å². The van der Waals surface area contributed by atoms with E-state index in [1.807, 2.05) is 0 Å². The molecule has 0 aliphatic heterocycles. The first kappa shape index (κ1) is 8.02. The molecule has 0 atom stereocenters. The molecular formula is C8H16O2. The molecule has 1 saturated carbocycles. The number of hydrogen-bond acceptors (Lipinski definition) is 2. The van der Waals surface area contributed by atoms with Crippen molar-refractivity contribution in [2.75, 3.05) is 7.11 Å². The summed E-state index contributed by atoms with van der Waals surface area (Å²) < 4.78 is 10.7. The van der Waals surface area contributed by atoms with Gasteiger partial charge in [0.1, 0.15) is 0 Å². The lowest BCUT2D eigenvalue weighted by Crippen LogP contribution is -2.38. The van der Waals surface area contributed by atoms with Gasteiger partial charge in [0, 0.05) is 7.11 Å².